The molecule has 1 amide bonds. The number of unbranched alkanes of at least 4 members (excludes halogenated alkanes) is 1. The molecule has 0 heterocycles. The first-order chi connectivity index (χ1) is 10.5. The van der Waals surface area contributed by atoms with Crippen LogP contribution in [0.25, 0.3) is 0 Å². The Morgan fingerprint density at radius 2 is 2.00 bits per heavy atom. The lowest BCUT2D eigenvalue weighted by molar-refractivity contribution is -0.184. The van der Waals surface area contributed by atoms with E-state index >= 15 is 0 Å². The lowest BCUT2D eigenvalue weighted by atomic mass is 9.86. The Hall–Kier alpha value is -1.76. The van der Waals surface area contributed by atoms with Crippen molar-refractivity contribution in [2.45, 2.75) is 57.6 Å². The van der Waals surface area contributed by atoms with Crippen LogP contribution in [-0.4, -0.2) is 21.9 Å². The van der Waals surface area contributed by atoms with Crippen molar-refractivity contribution in [3.8, 4) is 0 Å². The molecular weight excluding hydrogens is 311 g/mol. The summed E-state index contributed by atoms with van der Waals surface area (Å²) >= 11 is 0. The van der Waals surface area contributed by atoms with E-state index in [1.54, 1.807) is 6.92 Å². The largest absolute Gasteiger partial charge is 0.465 e. The highest BCUT2D eigenvalue weighted by Crippen LogP contribution is 2.43. The van der Waals surface area contributed by atoms with Gasteiger partial charge in [0.2, 0.25) is 0 Å². The third-order valence-electron chi connectivity index (χ3n) is 3.87. The van der Waals surface area contributed by atoms with E-state index in [1.807, 2.05) is 5.32 Å². The molecule has 2 atom stereocenters. The van der Waals surface area contributed by atoms with Gasteiger partial charge in [-0.05, 0) is 26.3 Å². The van der Waals surface area contributed by atoms with Crippen LogP contribution in [0, 0.1) is 5.82 Å². The van der Waals surface area contributed by atoms with Crippen molar-refractivity contribution < 1.29 is 28.2 Å². The molecule has 0 bridgehead atoms. The third-order valence-corrected chi connectivity index (χ3v) is 3.87. The van der Waals surface area contributed by atoms with E-state index in [4.69, 9.17) is 5.11 Å². The van der Waals surface area contributed by atoms with Gasteiger partial charge in [0.1, 0.15) is 11.4 Å². The van der Waals surface area contributed by atoms with Crippen molar-refractivity contribution >= 4 is 6.09 Å². The molecule has 0 aliphatic heterocycles. The smallest absolute Gasteiger partial charge is 0.405 e. The molecule has 4 nitrogen and oxygen atoms in total. The second kappa shape index (κ2) is 7.21. The molecule has 0 saturated carbocycles. The Balaban J connectivity index is 3.24. The number of nitrogens with one attached hydrogen (secondary N) is 1. The fourth-order valence-corrected chi connectivity index (χ4v) is 2.36. The van der Waals surface area contributed by atoms with Gasteiger partial charge in [-0.25, -0.2) is 9.18 Å². The Morgan fingerprint density at radius 3 is 2.52 bits per heavy atom. The molecule has 0 saturated heterocycles. The van der Waals surface area contributed by atoms with E-state index in [-0.39, 0.29) is 12.0 Å². The minimum absolute atomic E-state index is 0.177. The van der Waals surface area contributed by atoms with Crippen LogP contribution in [0.4, 0.5) is 18.0 Å². The number of halogens is 3. The highest BCUT2D eigenvalue weighted by molar-refractivity contribution is 5.65. The predicted octanol–water partition coefficient (Wildman–Crippen LogP) is 4.19. The van der Waals surface area contributed by atoms with Crippen LogP contribution in [0.15, 0.2) is 18.2 Å². The molecule has 3 N–H and O–H groups in total. The standard InChI is InChI=1S/C16H22F3NO3/c1-4-5-9-15(3,23)16(18,19)12-8-6-7-11(13(12)17)10(2)20-14(21)22/h6-8,10,20,23H,4-5,9H2,1-3H3,(H,21,22)/t10-,15?/m1/s1. The maximum atomic E-state index is 14.6. The van der Waals surface area contributed by atoms with Gasteiger partial charge >= 0.3 is 12.0 Å². The van der Waals surface area contributed by atoms with Crippen molar-refractivity contribution in [1.29, 1.82) is 0 Å². The van der Waals surface area contributed by atoms with E-state index in [1.165, 1.54) is 19.1 Å². The SMILES string of the molecule is CCCCC(C)(O)C(F)(F)c1cccc([C@@H](C)NC(=O)O)c1F. The van der Waals surface area contributed by atoms with Crippen molar-refractivity contribution in [1.82, 2.24) is 5.32 Å². The van der Waals surface area contributed by atoms with E-state index in [0.717, 1.165) is 13.0 Å². The van der Waals surface area contributed by atoms with E-state index < -0.39 is 35.0 Å². The molecule has 23 heavy (non-hydrogen) atoms. The topological polar surface area (TPSA) is 69.6 Å². The van der Waals surface area contributed by atoms with E-state index in [2.05, 4.69) is 0 Å². The highest BCUT2D eigenvalue weighted by Gasteiger charge is 2.51. The summed E-state index contributed by atoms with van der Waals surface area (Å²) in [5, 5.41) is 20.8. The molecular formula is C16H22F3NO3. The summed E-state index contributed by atoms with van der Waals surface area (Å²) < 4.78 is 43.7. The van der Waals surface area contributed by atoms with Crippen molar-refractivity contribution in [2.75, 3.05) is 0 Å². The molecule has 0 radical (unpaired) electrons. The maximum absolute atomic E-state index is 14.6. The number of benzene rings is 1. The van der Waals surface area contributed by atoms with Crippen LogP contribution in [0.5, 0.6) is 0 Å². The molecule has 1 rings (SSSR count). The van der Waals surface area contributed by atoms with Crippen LogP contribution >= 0.6 is 0 Å². The average molecular weight is 333 g/mol. The van der Waals surface area contributed by atoms with Gasteiger partial charge in [0.05, 0.1) is 11.6 Å². The highest BCUT2D eigenvalue weighted by atomic mass is 19.3. The number of amides is 1. The Morgan fingerprint density at radius 1 is 1.39 bits per heavy atom. The minimum Gasteiger partial charge on any atom is -0.465 e. The van der Waals surface area contributed by atoms with Gasteiger partial charge < -0.3 is 15.5 Å². The molecule has 7 heteroatoms. The van der Waals surface area contributed by atoms with Crippen LogP contribution in [-0.2, 0) is 5.92 Å². The van der Waals surface area contributed by atoms with Crippen molar-refractivity contribution in [3.05, 3.63) is 35.1 Å². The van der Waals surface area contributed by atoms with Crippen LogP contribution in [0.3, 0.4) is 0 Å². The summed E-state index contributed by atoms with van der Waals surface area (Å²) in [6.45, 7) is 4.13. The van der Waals surface area contributed by atoms with Crippen molar-refractivity contribution in [3.63, 3.8) is 0 Å². The van der Waals surface area contributed by atoms with Crippen molar-refractivity contribution in [2.24, 2.45) is 0 Å². The molecule has 0 aliphatic rings. The molecule has 0 fully saturated rings. The molecule has 0 aliphatic carbocycles. The summed E-state index contributed by atoms with van der Waals surface area (Å²) in [7, 11) is 0. The summed E-state index contributed by atoms with van der Waals surface area (Å²) in [6.07, 6.45) is -0.567. The third kappa shape index (κ3) is 4.16. The lowest BCUT2D eigenvalue weighted by Gasteiger charge is -2.33. The zero-order valence-corrected chi connectivity index (χ0v) is 13.4. The van der Waals surface area contributed by atoms with Gasteiger partial charge in [0, 0.05) is 5.56 Å². The zero-order valence-electron chi connectivity index (χ0n) is 13.4. The number of carboxylic acid groups (broad SMARTS) is 1. The Labute approximate surface area is 133 Å². The quantitative estimate of drug-likeness (QED) is 0.701. The van der Waals surface area contributed by atoms with Gasteiger partial charge in [0.15, 0.2) is 0 Å². The fraction of sp³-hybridized carbons (Fsp3) is 0.562. The normalized spacial score (nSPS) is 15.8. The second-order valence-corrected chi connectivity index (χ2v) is 5.83. The first-order valence-electron chi connectivity index (χ1n) is 7.43. The maximum Gasteiger partial charge on any atom is 0.405 e. The Bertz CT molecular complexity index is 562. The molecule has 1 unspecified atom stereocenters. The van der Waals surface area contributed by atoms with E-state index in [9.17, 15) is 23.1 Å². The first-order valence-corrected chi connectivity index (χ1v) is 7.43. The Kier molecular flexibility index (Phi) is 6.04. The second-order valence-electron chi connectivity index (χ2n) is 5.83. The number of hydrogen-bond acceptors (Lipinski definition) is 2. The molecule has 0 spiro atoms. The van der Waals surface area contributed by atoms with Gasteiger partial charge in [-0.1, -0.05) is 31.9 Å². The average Bonchev–Trinajstić information content (AvgIpc) is 2.44. The number of rotatable bonds is 7. The zero-order chi connectivity index (χ0) is 17.8. The number of hydrogen-bond donors (Lipinski definition) is 3. The van der Waals surface area contributed by atoms with Gasteiger partial charge in [0.25, 0.3) is 0 Å². The van der Waals surface area contributed by atoms with Crippen LogP contribution in [0.1, 0.15) is 57.2 Å². The summed E-state index contributed by atoms with van der Waals surface area (Å²) in [5.41, 5.74) is -3.53. The number of alkyl halides is 2. The number of aliphatic hydroxyl groups is 1. The minimum atomic E-state index is -3.80. The number of carbonyl (C=O) groups is 1. The van der Waals surface area contributed by atoms with E-state index in [0.29, 0.717) is 12.8 Å². The molecule has 0 aromatic heterocycles. The van der Waals surface area contributed by atoms with Gasteiger partial charge in [-0.15, -0.1) is 0 Å². The molecule has 1 aromatic rings. The first kappa shape index (κ1) is 19.3. The lowest BCUT2D eigenvalue weighted by Crippen LogP contribution is -2.44. The van der Waals surface area contributed by atoms with Crippen LogP contribution < -0.4 is 5.32 Å². The summed E-state index contributed by atoms with van der Waals surface area (Å²) in [6, 6.07) is 2.37. The predicted molar refractivity (Wildman–Crippen MR) is 80.0 cm³/mol. The molecule has 1 aromatic carbocycles. The van der Waals surface area contributed by atoms with Gasteiger partial charge in [-0.2, -0.15) is 8.78 Å². The van der Waals surface area contributed by atoms with Crippen LogP contribution in [0.2, 0.25) is 0 Å². The summed E-state index contributed by atoms with van der Waals surface area (Å²) in [4.78, 5) is 10.6. The van der Waals surface area contributed by atoms with Gasteiger partial charge in [-0.3, -0.25) is 0 Å². The fourth-order valence-electron chi connectivity index (χ4n) is 2.36. The monoisotopic (exact) mass is 333 g/mol. The molecule has 130 valence electrons. The summed E-state index contributed by atoms with van der Waals surface area (Å²) in [5.74, 6) is -5.01.